The summed E-state index contributed by atoms with van der Waals surface area (Å²) in [7, 11) is 3.05. The highest BCUT2D eigenvalue weighted by molar-refractivity contribution is 5.45. The second-order valence-electron chi connectivity index (χ2n) is 2.11. The molecule has 0 spiro atoms. The molecule has 0 saturated heterocycles. The van der Waals surface area contributed by atoms with Gasteiger partial charge in [-0.2, -0.15) is 0 Å². The van der Waals surface area contributed by atoms with E-state index in [1.165, 1.54) is 20.3 Å². The summed E-state index contributed by atoms with van der Waals surface area (Å²) >= 11 is 0. The van der Waals surface area contributed by atoms with E-state index in [1.54, 1.807) is 12.1 Å². The molecule has 0 amide bonds. The van der Waals surface area contributed by atoms with Gasteiger partial charge in [0.1, 0.15) is 0 Å². The van der Waals surface area contributed by atoms with E-state index in [9.17, 15) is 0 Å². The lowest BCUT2D eigenvalue weighted by Gasteiger charge is -2.07. The van der Waals surface area contributed by atoms with Crippen molar-refractivity contribution in [2.24, 2.45) is 0 Å². The van der Waals surface area contributed by atoms with E-state index in [-0.39, 0.29) is 0 Å². The second-order valence-corrected chi connectivity index (χ2v) is 2.11. The molecule has 0 aliphatic carbocycles. The van der Waals surface area contributed by atoms with Gasteiger partial charge in [0, 0.05) is 6.07 Å². The zero-order valence-corrected chi connectivity index (χ0v) is 6.90. The SMILES string of the molecule is COc1ccc(OO)cc1OC. The minimum atomic E-state index is 0.313. The predicted octanol–water partition coefficient (Wildman–Crippen LogP) is 1.56. The van der Waals surface area contributed by atoms with Crippen LogP contribution in [0.3, 0.4) is 0 Å². The first-order valence-corrected chi connectivity index (χ1v) is 3.35. The Morgan fingerprint density at radius 2 is 1.75 bits per heavy atom. The van der Waals surface area contributed by atoms with Crippen molar-refractivity contribution in [1.29, 1.82) is 0 Å². The zero-order chi connectivity index (χ0) is 8.97. The molecule has 0 unspecified atom stereocenters. The van der Waals surface area contributed by atoms with Crippen LogP contribution in [0, 0.1) is 0 Å². The van der Waals surface area contributed by atoms with Gasteiger partial charge in [-0.1, -0.05) is 0 Å². The third-order valence-electron chi connectivity index (χ3n) is 1.46. The van der Waals surface area contributed by atoms with Crippen molar-refractivity contribution < 1.29 is 19.6 Å². The smallest absolute Gasteiger partial charge is 0.169 e. The molecule has 0 aromatic heterocycles. The van der Waals surface area contributed by atoms with Gasteiger partial charge in [0.05, 0.1) is 14.2 Å². The molecule has 1 aromatic carbocycles. The molecule has 0 saturated carbocycles. The lowest BCUT2D eigenvalue weighted by atomic mass is 10.3. The third-order valence-corrected chi connectivity index (χ3v) is 1.46. The Morgan fingerprint density at radius 1 is 1.08 bits per heavy atom. The Morgan fingerprint density at radius 3 is 2.25 bits per heavy atom. The largest absolute Gasteiger partial charge is 0.493 e. The van der Waals surface area contributed by atoms with Crippen molar-refractivity contribution in [3.05, 3.63) is 18.2 Å². The molecule has 0 bridgehead atoms. The second kappa shape index (κ2) is 3.82. The number of ether oxygens (including phenoxy) is 2. The van der Waals surface area contributed by atoms with E-state index in [2.05, 4.69) is 4.89 Å². The topological polar surface area (TPSA) is 47.9 Å². The molecule has 0 aliphatic heterocycles. The molecule has 0 atom stereocenters. The van der Waals surface area contributed by atoms with Gasteiger partial charge in [0.2, 0.25) is 0 Å². The Bertz CT molecular complexity index is 259. The quantitative estimate of drug-likeness (QED) is 0.552. The summed E-state index contributed by atoms with van der Waals surface area (Å²) in [5, 5.41) is 8.32. The number of methoxy groups -OCH3 is 2. The van der Waals surface area contributed by atoms with Crippen LogP contribution in [0.2, 0.25) is 0 Å². The van der Waals surface area contributed by atoms with Crippen LogP contribution in [-0.2, 0) is 0 Å². The zero-order valence-electron chi connectivity index (χ0n) is 6.90. The van der Waals surface area contributed by atoms with Crippen molar-refractivity contribution in [1.82, 2.24) is 0 Å². The Balaban J connectivity index is 3.02. The minimum Gasteiger partial charge on any atom is -0.493 e. The molecule has 0 aliphatic rings. The molecule has 0 radical (unpaired) electrons. The van der Waals surface area contributed by atoms with E-state index in [0.29, 0.717) is 17.2 Å². The molecule has 1 rings (SSSR count). The fourth-order valence-electron chi connectivity index (χ4n) is 0.873. The average Bonchev–Trinajstić information content (AvgIpc) is 2.16. The fourth-order valence-corrected chi connectivity index (χ4v) is 0.873. The lowest BCUT2D eigenvalue weighted by molar-refractivity contribution is -0.137. The summed E-state index contributed by atoms with van der Waals surface area (Å²) in [6.07, 6.45) is 0. The van der Waals surface area contributed by atoms with E-state index >= 15 is 0 Å². The summed E-state index contributed by atoms with van der Waals surface area (Å²) in [6, 6.07) is 4.74. The van der Waals surface area contributed by atoms with Gasteiger partial charge in [-0.05, 0) is 12.1 Å². The van der Waals surface area contributed by atoms with Gasteiger partial charge in [-0.15, -0.1) is 0 Å². The molecule has 0 fully saturated rings. The Kier molecular flexibility index (Phi) is 2.76. The van der Waals surface area contributed by atoms with Crippen molar-refractivity contribution in [2.45, 2.75) is 0 Å². The van der Waals surface area contributed by atoms with Crippen molar-refractivity contribution >= 4 is 0 Å². The van der Waals surface area contributed by atoms with Gasteiger partial charge >= 0.3 is 0 Å². The first kappa shape index (κ1) is 8.67. The number of hydrogen-bond donors (Lipinski definition) is 1. The van der Waals surface area contributed by atoms with Crippen LogP contribution in [-0.4, -0.2) is 19.5 Å². The molecule has 0 heterocycles. The molecule has 4 nitrogen and oxygen atoms in total. The molecule has 4 heteroatoms. The molecule has 12 heavy (non-hydrogen) atoms. The van der Waals surface area contributed by atoms with Gasteiger partial charge in [-0.25, -0.2) is 5.26 Å². The van der Waals surface area contributed by atoms with E-state index in [0.717, 1.165) is 0 Å². The van der Waals surface area contributed by atoms with Crippen LogP contribution < -0.4 is 14.4 Å². The van der Waals surface area contributed by atoms with Crippen LogP contribution >= 0.6 is 0 Å². The van der Waals surface area contributed by atoms with Crippen LogP contribution in [0.25, 0.3) is 0 Å². The third kappa shape index (κ3) is 1.60. The van der Waals surface area contributed by atoms with Gasteiger partial charge in [0.25, 0.3) is 0 Å². The van der Waals surface area contributed by atoms with Crippen molar-refractivity contribution in [2.75, 3.05) is 14.2 Å². The molecule has 1 N–H and O–H groups in total. The molecular weight excluding hydrogens is 160 g/mol. The maximum atomic E-state index is 8.32. The molecular formula is C8H10O4. The maximum absolute atomic E-state index is 8.32. The molecule has 66 valence electrons. The molecule has 1 aromatic rings. The summed E-state index contributed by atoms with van der Waals surface area (Å²) in [5.41, 5.74) is 0. The highest BCUT2D eigenvalue weighted by Gasteiger charge is 2.04. The summed E-state index contributed by atoms with van der Waals surface area (Å²) < 4.78 is 9.94. The highest BCUT2D eigenvalue weighted by atomic mass is 17.1. The van der Waals surface area contributed by atoms with Crippen LogP contribution in [0.5, 0.6) is 17.2 Å². The van der Waals surface area contributed by atoms with E-state index in [1.807, 2.05) is 0 Å². The van der Waals surface area contributed by atoms with Gasteiger partial charge in [-0.3, -0.25) is 0 Å². The Labute approximate surface area is 70.2 Å². The number of hydrogen-bond acceptors (Lipinski definition) is 4. The predicted molar refractivity (Wildman–Crippen MR) is 42.8 cm³/mol. The minimum absolute atomic E-state index is 0.313. The number of benzene rings is 1. The van der Waals surface area contributed by atoms with E-state index < -0.39 is 0 Å². The Hall–Kier alpha value is -1.42. The normalized spacial score (nSPS) is 9.25. The summed E-state index contributed by atoms with van der Waals surface area (Å²) in [4.78, 5) is 4.02. The van der Waals surface area contributed by atoms with Crippen LogP contribution in [0.1, 0.15) is 0 Å². The lowest BCUT2D eigenvalue weighted by Crippen LogP contribution is -1.91. The average molecular weight is 170 g/mol. The summed E-state index contributed by atoms with van der Waals surface area (Å²) in [6.45, 7) is 0. The maximum Gasteiger partial charge on any atom is 0.169 e. The fraction of sp³-hybridized carbons (Fsp3) is 0.250. The van der Waals surface area contributed by atoms with Crippen LogP contribution in [0.4, 0.5) is 0 Å². The highest BCUT2D eigenvalue weighted by Crippen LogP contribution is 2.30. The monoisotopic (exact) mass is 170 g/mol. The van der Waals surface area contributed by atoms with Crippen molar-refractivity contribution in [3.8, 4) is 17.2 Å². The summed E-state index contributed by atoms with van der Waals surface area (Å²) in [5.74, 6) is 1.43. The number of rotatable bonds is 3. The van der Waals surface area contributed by atoms with Crippen LogP contribution in [0.15, 0.2) is 18.2 Å². The van der Waals surface area contributed by atoms with Gasteiger partial charge in [0.15, 0.2) is 17.2 Å². The van der Waals surface area contributed by atoms with E-state index in [4.69, 9.17) is 14.7 Å². The standard InChI is InChI=1S/C8H10O4/c1-10-7-4-3-6(12-9)5-8(7)11-2/h3-5,9H,1-2H3. The van der Waals surface area contributed by atoms with Crippen molar-refractivity contribution in [3.63, 3.8) is 0 Å². The first-order chi connectivity index (χ1) is 5.81. The first-order valence-electron chi connectivity index (χ1n) is 3.35. The van der Waals surface area contributed by atoms with Gasteiger partial charge < -0.3 is 14.4 Å².